The summed E-state index contributed by atoms with van der Waals surface area (Å²) in [4.78, 5) is 0. The maximum absolute atomic E-state index is 13.2. The van der Waals surface area contributed by atoms with Crippen LogP contribution in [0.1, 0.15) is 45.8 Å². The first-order chi connectivity index (χ1) is 8.40. The summed E-state index contributed by atoms with van der Waals surface area (Å²) in [6, 6.07) is 4.25. The molecule has 0 aliphatic carbocycles. The van der Waals surface area contributed by atoms with Crippen LogP contribution in [0.4, 0.5) is 4.39 Å². The monoisotopic (exact) mass is 254 g/mol. The summed E-state index contributed by atoms with van der Waals surface area (Å²) in [5, 5.41) is 9.60. The van der Waals surface area contributed by atoms with Crippen LogP contribution in [0.2, 0.25) is 0 Å². The SMILES string of the molecule is CC(C)CC(C)COc1cc(F)ccc1[C@@H](C)O. The Morgan fingerprint density at radius 3 is 2.44 bits per heavy atom. The summed E-state index contributed by atoms with van der Waals surface area (Å²) in [6.45, 7) is 8.64. The van der Waals surface area contributed by atoms with Gasteiger partial charge in [-0.2, -0.15) is 0 Å². The van der Waals surface area contributed by atoms with Gasteiger partial charge in [0.1, 0.15) is 11.6 Å². The van der Waals surface area contributed by atoms with Crippen molar-refractivity contribution in [3.8, 4) is 5.75 Å². The molecule has 1 aromatic carbocycles. The predicted molar refractivity (Wildman–Crippen MR) is 71.1 cm³/mol. The highest BCUT2D eigenvalue weighted by Crippen LogP contribution is 2.26. The van der Waals surface area contributed by atoms with E-state index in [2.05, 4.69) is 20.8 Å². The van der Waals surface area contributed by atoms with Crippen LogP contribution in [0, 0.1) is 17.7 Å². The molecule has 0 spiro atoms. The third kappa shape index (κ3) is 4.65. The lowest BCUT2D eigenvalue weighted by molar-refractivity contribution is 0.184. The highest BCUT2D eigenvalue weighted by atomic mass is 19.1. The summed E-state index contributed by atoms with van der Waals surface area (Å²) in [6.07, 6.45) is 0.417. The van der Waals surface area contributed by atoms with E-state index in [0.717, 1.165) is 6.42 Å². The number of benzene rings is 1. The van der Waals surface area contributed by atoms with E-state index in [1.165, 1.54) is 12.1 Å². The summed E-state index contributed by atoms with van der Waals surface area (Å²) >= 11 is 0. The third-order valence-electron chi connectivity index (χ3n) is 2.82. The van der Waals surface area contributed by atoms with Gasteiger partial charge in [-0.25, -0.2) is 4.39 Å². The molecule has 1 N–H and O–H groups in total. The average molecular weight is 254 g/mol. The van der Waals surface area contributed by atoms with E-state index >= 15 is 0 Å². The molecule has 0 amide bonds. The van der Waals surface area contributed by atoms with Crippen molar-refractivity contribution >= 4 is 0 Å². The normalized spacial score (nSPS) is 14.6. The second-order valence-corrected chi connectivity index (χ2v) is 5.40. The number of hydrogen-bond acceptors (Lipinski definition) is 2. The van der Waals surface area contributed by atoms with Gasteiger partial charge in [0, 0.05) is 11.6 Å². The molecule has 1 unspecified atom stereocenters. The zero-order chi connectivity index (χ0) is 13.7. The van der Waals surface area contributed by atoms with Gasteiger partial charge in [0.25, 0.3) is 0 Å². The second kappa shape index (κ2) is 6.74. The number of hydrogen-bond donors (Lipinski definition) is 1. The molecule has 2 nitrogen and oxygen atoms in total. The van der Waals surface area contributed by atoms with Crippen molar-refractivity contribution in [2.24, 2.45) is 11.8 Å². The number of ether oxygens (including phenoxy) is 1. The van der Waals surface area contributed by atoms with Gasteiger partial charge in [0.05, 0.1) is 12.7 Å². The van der Waals surface area contributed by atoms with E-state index in [1.54, 1.807) is 13.0 Å². The van der Waals surface area contributed by atoms with E-state index in [4.69, 9.17) is 4.74 Å². The van der Waals surface area contributed by atoms with Gasteiger partial charge in [0.2, 0.25) is 0 Å². The van der Waals surface area contributed by atoms with E-state index in [9.17, 15) is 9.50 Å². The van der Waals surface area contributed by atoms with Crippen molar-refractivity contribution in [2.75, 3.05) is 6.61 Å². The first kappa shape index (κ1) is 15.0. The third-order valence-corrected chi connectivity index (χ3v) is 2.82. The Bertz CT molecular complexity index is 375. The van der Waals surface area contributed by atoms with Crippen LogP contribution in [0.15, 0.2) is 18.2 Å². The Morgan fingerprint density at radius 2 is 1.89 bits per heavy atom. The highest BCUT2D eigenvalue weighted by Gasteiger charge is 2.12. The molecular weight excluding hydrogens is 231 g/mol. The van der Waals surface area contributed by atoms with Crippen molar-refractivity contribution in [3.63, 3.8) is 0 Å². The molecule has 102 valence electrons. The summed E-state index contributed by atoms with van der Waals surface area (Å²) in [5.41, 5.74) is 0.633. The van der Waals surface area contributed by atoms with Gasteiger partial charge in [-0.1, -0.05) is 20.8 Å². The fourth-order valence-electron chi connectivity index (χ4n) is 2.08. The highest BCUT2D eigenvalue weighted by molar-refractivity contribution is 5.35. The second-order valence-electron chi connectivity index (χ2n) is 5.40. The van der Waals surface area contributed by atoms with Crippen molar-refractivity contribution in [1.82, 2.24) is 0 Å². The lowest BCUT2D eigenvalue weighted by atomic mass is 10.00. The summed E-state index contributed by atoms with van der Waals surface area (Å²) in [7, 11) is 0. The number of rotatable bonds is 6. The van der Waals surface area contributed by atoms with Gasteiger partial charge in [-0.15, -0.1) is 0 Å². The Labute approximate surface area is 109 Å². The molecule has 1 aromatic rings. The largest absolute Gasteiger partial charge is 0.493 e. The molecule has 3 heteroatoms. The maximum Gasteiger partial charge on any atom is 0.128 e. The Balaban J connectivity index is 2.68. The molecular formula is C15H23FO2. The molecule has 0 saturated heterocycles. The fourth-order valence-corrected chi connectivity index (χ4v) is 2.08. The molecule has 0 aliphatic rings. The molecule has 0 bridgehead atoms. The summed E-state index contributed by atoms with van der Waals surface area (Å²) in [5.74, 6) is 1.13. The molecule has 0 radical (unpaired) electrons. The Hall–Kier alpha value is -1.09. The zero-order valence-corrected chi connectivity index (χ0v) is 11.6. The van der Waals surface area contributed by atoms with Gasteiger partial charge < -0.3 is 9.84 Å². The molecule has 1 rings (SSSR count). The molecule has 0 saturated carbocycles. The van der Waals surface area contributed by atoms with Crippen molar-refractivity contribution in [1.29, 1.82) is 0 Å². The van der Waals surface area contributed by atoms with Crippen LogP contribution in [-0.4, -0.2) is 11.7 Å². The average Bonchev–Trinajstić information content (AvgIpc) is 2.25. The summed E-state index contributed by atoms with van der Waals surface area (Å²) < 4.78 is 18.8. The van der Waals surface area contributed by atoms with E-state index < -0.39 is 6.10 Å². The standard InChI is InChI=1S/C15H23FO2/c1-10(2)7-11(3)9-18-15-8-13(16)5-6-14(15)12(4)17/h5-6,8,10-12,17H,7,9H2,1-4H3/t11?,12-/m1/s1. The fraction of sp³-hybridized carbons (Fsp3) is 0.600. The zero-order valence-electron chi connectivity index (χ0n) is 11.6. The lowest BCUT2D eigenvalue weighted by Gasteiger charge is -2.18. The quantitative estimate of drug-likeness (QED) is 0.833. The minimum absolute atomic E-state index is 0.342. The van der Waals surface area contributed by atoms with Crippen LogP contribution >= 0.6 is 0 Å². The molecule has 0 fully saturated rings. The topological polar surface area (TPSA) is 29.5 Å². The van der Waals surface area contributed by atoms with Gasteiger partial charge in [-0.05, 0) is 37.3 Å². The first-order valence-electron chi connectivity index (χ1n) is 6.50. The van der Waals surface area contributed by atoms with Crippen LogP contribution in [0.5, 0.6) is 5.75 Å². The minimum Gasteiger partial charge on any atom is -0.493 e. The van der Waals surface area contributed by atoms with Crippen molar-refractivity contribution < 1.29 is 14.2 Å². The molecule has 0 heterocycles. The van der Waals surface area contributed by atoms with Crippen molar-refractivity contribution in [2.45, 2.75) is 40.2 Å². The molecule has 18 heavy (non-hydrogen) atoms. The van der Waals surface area contributed by atoms with Crippen LogP contribution in [0.3, 0.4) is 0 Å². The Kier molecular flexibility index (Phi) is 5.60. The first-order valence-corrected chi connectivity index (χ1v) is 6.50. The number of aliphatic hydroxyl groups excluding tert-OH is 1. The number of aliphatic hydroxyl groups is 1. The molecule has 0 aliphatic heterocycles. The van der Waals surface area contributed by atoms with Crippen LogP contribution in [0.25, 0.3) is 0 Å². The van der Waals surface area contributed by atoms with Gasteiger partial charge >= 0.3 is 0 Å². The van der Waals surface area contributed by atoms with Crippen molar-refractivity contribution in [3.05, 3.63) is 29.6 Å². The van der Waals surface area contributed by atoms with E-state index in [1.807, 2.05) is 0 Å². The van der Waals surface area contributed by atoms with Gasteiger partial charge in [0.15, 0.2) is 0 Å². The minimum atomic E-state index is -0.652. The maximum atomic E-state index is 13.2. The smallest absolute Gasteiger partial charge is 0.128 e. The lowest BCUT2D eigenvalue weighted by Crippen LogP contribution is -2.12. The van der Waals surface area contributed by atoms with Gasteiger partial charge in [-0.3, -0.25) is 0 Å². The molecule has 0 aromatic heterocycles. The van der Waals surface area contributed by atoms with Crippen LogP contribution < -0.4 is 4.74 Å². The predicted octanol–water partition coefficient (Wildman–Crippen LogP) is 3.94. The van der Waals surface area contributed by atoms with E-state index in [-0.39, 0.29) is 5.82 Å². The molecule has 2 atom stereocenters. The number of halogens is 1. The van der Waals surface area contributed by atoms with E-state index in [0.29, 0.717) is 29.8 Å². The Morgan fingerprint density at radius 1 is 1.22 bits per heavy atom. The van der Waals surface area contributed by atoms with Crippen LogP contribution in [-0.2, 0) is 0 Å².